The number of nitrogens with zero attached hydrogens (tertiary/aromatic N) is 5. The maximum absolute atomic E-state index is 11.4. The predicted octanol–water partition coefficient (Wildman–Crippen LogP) is 2.66. The maximum atomic E-state index is 11.4. The molecule has 1 fully saturated rings. The minimum atomic E-state index is 0.158. The molecule has 1 aliphatic heterocycles. The summed E-state index contributed by atoms with van der Waals surface area (Å²) in [4.78, 5) is 20.1. The molecule has 1 aliphatic rings. The van der Waals surface area contributed by atoms with Crippen molar-refractivity contribution in [3.63, 3.8) is 0 Å². The number of piperazine rings is 1. The van der Waals surface area contributed by atoms with Gasteiger partial charge in [-0.3, -0.25) is 9.36 Å². The first-order chi connectivity index (χ1) is 12.2. The molecule has 0 N–H and O–H groups in total. The zero-order valence-corrected chi connectivity index (χ0v) is 14.8. The van der Waals surface area contributed by atoms with E-state index in [9.17, 15) is 4.79 Å². The lowest BCUT2D eigenvalue weighted by molar-refractivity contribution is -0.129. The number of amides is 1. The Labute approximate surface area is 150 Å². The van der Waals surface area contributed by atoms with Gasteiger partial charge in [0.25, 0.3) is 0 Å². The van der Waals surface area contributed by atoms with Gasteiger partial charge in [0.05, 0.1) is 6.20 Å². The zero-order valence-electron chi connectivity index (χ0n) is 14.0. The Hall–Kier alpha value is -2.67. The topological polar surface area (TPSA) is 54.3 Å². The highest BCUT2D eigenvalue weighted by Gasteiger charge is 2.18. The monoisotopic (exact) mass is 353 g/mol. The average Bonchev–Trinajstić information content (AvgIpc) is 3.33. The van der Waals surface area contributed by atoms with E-state index in [2.05, 4.69) is 43.1 Å². The molecule has 1 amide bonds. The van der Waals surface area contributed by atoms with E-state index in [1.807, 2.05) is 28.9 Å². The number of carbonyl (C=O) groups is 1. The summed E-state index contributed by atoms with van der Waals surface area (Å²) < 4.78 is 6.23. The first kappa shape index (κ1) is 15.8. The van der Waals surface area contributed by atoms with Crippen LogP contribution in [0.5, 0.6) is 0 Å². The quantitative estimate of drug-likeness (QED) is 0.726. The van der Waals surface area contributed by atoms with Crippen molar-refractivity contribution in [3.8, 4) is 17.1 Å². The normalized spacial score (nSPS) is 14.8. The van der Waals surface area contributed by atoms with Crippen molar-refractivity contribution < 1.29 is 4.79 Å². The van der Waals surface area contributed by atoms with Gasteiger partial charge < -0.3 is 9.80 Å². The lowest BCUT2D eigenvalue weighted by Gasteiger charge is -2.35. The van der Waals surface area contributed by atoms with Crippen LogP contribution in [-0.4, -0.2) is 50.9 Å². The molecule has 25 heavy (non-hydrogen) atoms. The van der Waals surface area contributed by atoms with Gasteiger partial charge in [0.15, 0.2) is 0 Å². The van der Waals surface area contributed by atoms with Crippen molar-refractivity contribution in [2.45, 2.75) is 6.92 Å². The molecule has 1 aromatic carbocycles. The van der Waals surface area contributed by atoms with E-state index in [0.29, 0.717) is 0 Å². The molecule has 3 heterocycles. The molecule has 128 valence electrons. The molecule has 0 spiro atoms. The third-order valence-electron chi connectivity index (χ3n) is 4.55. The third-order valence-corrected chi connectivity index (χ3v) is 5.14. The fourth-order valence-corrected chi connectivity index (χ4v) is 3.66. The molecule has 3 aromatic rings. The van der Waals surface area contributed by atoms with Crippen molar-refractivity contribution in [2.75, 3.05) is 31.1 Å². The van der Waals surface area contributed by atoms with Crippen LogP contribution in [0.1, 0.15) is 6.92 Å². The number of rotatable bonds is 3. The van der Waals surface area contributed by atoms with E-state index < -0.39 is 0 Å². The minimum absolute atomic E-state index is 0.158. The molecule has 0 bridgehead atoms. The van der Waals surface area contributed by atoms with Gasteiger partial charge in [0, 0.05) is 67.8 Å². The van der Waals surface area contributed by atoms with Crippen LogP contribution in [0.25, 0.3) is 17.1 Å². The Morgan fingerprint density at radius 3 is 2.44 bits per heavy atom. The Bertz CT molecular complexity index is 848. The fourth-order valence-electron chi connectivity index (χ4n) is 3.14. The van der Waals surface area contributed by atoms with Crippen LogP contribution in [0.3, 0.4) is 0 Å². The molecule has 6 nitrogen and oxygen atoms in total. The van der Waals surface area contributed by atoms with E-state index in [1.54, 1.807) is 6.92 Å². The number of benzene rings is 1. The molecular weight excluding hydrogens is 334 g/mol. The SMILES string of the molecule is CC(=O)N1CCN(c2ccc(-n3ccnc3-c3cnsc3)cc2)CC1. The van der Waals surface area contributed by atoms with Crippen LogP contribution in [0.15, 0.2) is 48.2 Å². The van der Waals surface area contributed by atoms with Gasteiger partial charge in [0.1, 0.15) is 5.82 Å². The number of hydrogen-bond acceptors (Lipinski definition) is 5. The van der Waals surface area contributed by atoms with E-state index in [0.717, 1.165) is 43.3 Å². The molecule has 0 aliphatic carbocycles. The largest absolute Gasteiger partial charge is 0.368 e. The predicted molar refractivity (Wildman–Crippen MR) is 99.1 cm³/mol. The van der Waals surface area contributed by atoms with Crippen LogP contribution in [0.4, 0.5) is 5.69 Å². The van der Waals surface area contributed by atoms with Crippen LogP contribution >= 0.6 is 11.5 Å². The molecule has 0 unspecified atom stereocenters. The zero-order chi connectivity index (χ0) is 17.2. The molecule has 2 aromatic heterocycles. The van der Waals surface area contributed by atoms with Crippen molar-refractivity contribution in [2.24, 2.45) is 0 Å². The second-order valence-corrected chi connectivity index (χ2v) is 6.70. The smallest absolute Gasteiger partial charge is 0.219 e. The maximum Gasteiger partial charge on any atom is 0.219 e. The lowest BCUT2D eigenvalue weighted by atomic mass is 10.2. The molecule has 0 atom stereocenters. The summed E-state index contributed by atoms with van der Waals surface area (Å²) >= 11 is 1.43. The van der Waals surface area contributed by atoms with E-state index in [1.165, 1.54) is 17.2 Å². The van der Waals surface area contributed by atoms with Crippen molar-refractivity contribution in [1.29, 1.82) is 0 Å². The summed E-state index contributed by atoms with van der Waals surface area (Å²) in [5.41, 5.74) is 3.29. The standard InChI is InChI=1S/C18H19N5OS/c1-14(24)21-8-10-22(11-9-21)16-2-4-17(5-3-16)23-7-6-19-18(23)15-12-20-25-13-15/h2-7,12-13H,8-11H2,1H3. The van der Waals surface area contributed by atoms with Gasteiger partial charge in [-0.15, -0.1) is 0 Å². The average molecular weight is 353 g/mol. The molecule has 0 saturated carbocycles. The first-order valence-corrected chi connectivity index (χ1v) is 9.10. The molecule has 4 rings (SSSR count). The second-order valence-electron chi connectivity index (χ2n) is 6.04. The molecule has 0 radical (unpaired) electrons. The van der Waals surface area contributed by atoms with E-state index in [-0.39, 0.29) is 5.91 Å². The van der Waals surface area contributed by atoms with E-state index >= 15 is 0 Å². The number of anilines is 1. The van der Waals surface area contributed by atoms with Crippen LogP contribution in [0, 0.1) is 0 Å². The van der Waals surface area contributed by atoms with Gasteiger partial charge in [0.2, 0.25) is 5.91 Å². The molecule has 1 saturated heterocycles. The van der Waals surface area contributed by atoms with Gasteiger partial charge in [-0.05, 0) is 35.8 Å². The minimum Gasteiger partial charge on any atom is -0.368 e. The summed E-state index contributed by atoms with van der Waals surface area (Å²) in [7, 11) is 0. The van der Waals surface area contributed by atoms with Crippen LogP contribution in [0.2, 0.25) is 0 Å². The van der Waals surface area contributed by atoms with Crippen LogP contribution < -0.4 is 4.90 Å². The number of hydrogen-bond donors (Lipinski definition) is 0. The van der Waals surface area contributed by atoms with Gasteiger partial charge in [-0.25, -0.2) is 9.36 Å². The Morgan fingerprint density at radius 1 is 1.08 bits per heavy atom. The lowest BCUT2D eigenvalue weighted by Crippen LogP contribution is -2.48. The summed E-state index contributed by atoms with van der Waals surface area (Å²) in [5, 5.41) is 2.00. The molecular formula is C18H19N5OS. The first-order valence-electron chi connectivity index (χ1n) is 8.26. The number of aromatic nitrogens is 3. The van der Waals surface area contributed by atoms with Crippen LogP contribution in [-0.2, 0) is 4.79 Å². The summed E-state index contributed by atoms with van der Waals surface area (Å²) in [6.07, 6.45) is 5.61. The van der Waals surface area contributed by atoms with Gasteiger partial charge in [-0.1, -0.05) is 0 Å². The van der Waals surface area contributed by atoms with Crippen molar-refractivity contribution >= 4 is 23.1 Å². The Balaban J connectivity index is 1.52. The van der Waals surface area contributed by atoms with Gasteiger partial charge >= 0.3 is 0 Å². The molecule has 7 heteroatoms. The highest BCUT2D eigenvalue weighted by atomic mass is 32.1. The summed E-state index contributed by atoms with van der Waals surface area (Å²) in [5.74, 6) is 1.06. The fraction of sp³-hybridized carbons (Fsp3) is 0.278. The number of carbonyl (C=O) groups excluding carboxylic acids is 1. The second kappa shape index (κ2) is 6.68. The summed E-state index contributed by atoms with van der Waals surface area (Å²) in [6, 6.07) is 8.48. The Morgan fingerprint density at radius 2 is 1.80 bits per heavy atom. The Kier molecular flexibility index (Phi) is 4.23. The van der Waals surface area contributed by atoms with E-state index in [4.69, 9.17) is 0 Å². The van der Waals surface area contributed by atoms with Gasteiger partial charge in [-0.2, -0.15) is 0 Å². The highest BCUT2D eigenvalue weighted by Crippen LogP contribution is 2.24. The highest BCUT2D eigenvalue weighted by molar-refractivity contribution is 7.03. The van der Waals surface area contributed by atoms with Crippen molar-refractivity contribution in [1.82, 2.24) is 18.8 Å². The van der Waals surface area contributed by atoms with Crippen molar-refractivity contribution in [3.05, 3.63) is 48.2 Å². The number of imidazole rings is 1. The summed E-state index contributed by atoms with van der Waals surface area (Å²) in [6.45, 7) is 4.95. The third kappa shape index (κ3) is 3.15.